The molecule has 0 bridgehead atoms. The monoisotopic (exact) mass is 525 g/mol. The summed E-state index contributed by atoms with van der Waals surface area (Å²) < 4.78 is 37.4. The van der Waals surface area contributed by atoms with Crippen molar-refractivity contribution in [2.45, 2.75) is 55.0 Å². The number of thioether (sulfide) groups is 1. The largest absolute Gasteiger partial charge is 0.446 e. The fourth-order valence-corrected chi connectivity index (χ4v) is 5.54. The van der Waals surface area contributed by atoms with E-state index in [0.717, 1.165) is 55.9 Å². The number of benzene rings is 2. The molecule has 1 N–H and O–H groups in total. The van der Waals surface area contributed by atoms with Crippen molar-refractivity contribution in [1.82, 2.24) is 4.90 Å². The van der Waals surface area contributed by atoms with Gasteiger partial charge in [0.05, 0.1) is 0 Å². The van der Waals surface area contributed by atoms with Crippen molar-refractivity contribution in [3.8, 4) is 0 Å². The van der Waals surface area contributed by atoms with Crippen LogP contribution < -0.4 is 10.2 Å². The van der Waals surface area contributed by atoms with Crippen LogP contribution in [0.1, 0.15) is 38.5 Å². The lowest BCUT2D eigenvalue weighted by molar-refractivity contribution is -0.132. The topological polar surface area (TPSA) is 35.6 Å². The quantitative estimate of drug-likeness (QED) is 0.393. The molecule has 2 aromatic carbocycles. The highest BCUT2D eigenvalue weighted by Gasteiger charge is 2.29. The first-order valence-electron chi connectivity index (χ1n) is 12.2. The van der Waals surface area contributed by atoms with Crippen LogP contribution in [0.15, 0.2) is 53.4 Å². The maximum absolute atomic E-state index is 12.8. The zero-order valence-electron chi connectivity index (χ0n) is 19.6. The number of halogens is 4. The minimum Gasteiger partial charge on any atom is -0.382 e. The SMILES string of the molecule is O=C(CCC1CCN(c2ccc(Cl)cc2)CC1)N1CCC(Nc2ccc(SC(F)(F)F)cc2)CC1. The second-order valence-electron chi connectivity index (χ2n) is 9.32. The first kappa shape index (κ1) is 26.0. The molecular weight excluding hydrogens is 495 g/mol. The van der Waals surface area contributed by atoms with Gasteiger partial charge in [-0.2, -0.15) is 13.2 Å². The number of rotatable bonds is 7. The molecule has 2 heterocycles. The summed E-state index contributed by atoms with van der Waals surface area (Å²) in [6, 6.07) is 14.5. The molecular formula is C26H31ClF3N3OS. The summed E-state index contributed by atoms with van der Waals surface area (Å²) in [7, 11) is 0. The van der Waals surface area contributed by atoms with Crippen molar-refractivity contribution in [2.24, 2.45) is 5.92 Å². The van der Waals surface area contributed by atoms with E-state index in [1.807, 2.05) is 17.0 Å². The number of carbonyl (C=O) groups excluding carboxylic acids is 1. The Kier molecular flexibility index (Phi) is 8.76. The van der Waals surface area contributed by atoms with Gasteiger partial charge in [-0.3, -0.25) is 4.79 Å². The van der Waals surface area contributed by atoms with E-state index in [4.69, 9.17) is 11.6 Å². The molecule has 0 aromatic heterocycles. The van der Waals surface area contributed by atoms with Gasteiger partial charge in [0.25, 0.3) is 0 Å². The van der Waals surface area contributed by atoms with Crippen LogP contribution in [0, 0.1) is 5.92 Å². The molecule has 35 heavy (non-hydrogen) atoms. The maximum atomic E-state index is 12.8. The average Bonchev–Trinajstić information content (AvgIpc) is 2.84. The number of carbonyl (C=O) groups is 1. The fourth-order valence-electron chi connectivity index (χ4n) is 4.88. The predicted octanol–water partition coefficient (Wildman–Crippen LogP) is 7.05. The van der Waals surface area contributed by atoms with Crippen LogP contribution in [0.4, 0.5) is 24.5 Å². The number of hydrogen-bond donors (Lipinski definition) is 1. The summed E-state index contributed by atoms with van der Waals surface area (Å²) in [6.07, 6.45) is 5.41. The van der Waals surface area contributed by atoms with Crippen molar-refractivity contribution < 1.29 is 18.0 Å². The third-order valence-corrected chi connectivity index (χ3v) is 7.87. The fraction of sp³-hybridized carbons (Fsp3) is 0.500. The number of hydrogen-bond acceptors (Lipinski definition) is 4. The van der Waals surface area contributed by atoms with E-state index in [0.29, 0.717) is 25.4 Å². The van der Waals surface area contributed by atoms with Gasteiger partial charge in [0, 0.05) is 59.9 Å². The normalized spacial score (nSPS) is 18.1. The van der Waals surface area contributed by atoms with E-state index in [-0.39, 0.29) is 28.6 Å². The van der Waals surface area contributed by atoms with Gasteiger partial charge in [0.2, 0.25) is 5.91 Å². The summed E-state index contributed by atoms with van der Waals surface area (Å²) in [5.74, 6) is 0.817. The lowest BCUT2D eigenvalue weighted by Gasteiger charge is -2.35. The van der Waals surface area contributed by atoms with Crippen LogP contribution in [0.25, 0.3) is 0 Å². The second-order valence-corrected chi connectivity index (χ2v) is 10.9. The van der Waals surface area contributed by atoms with Crippen LogP contribution in [0.5, 0.6) is 0 Å². The minimum atomic E-state index is -4.27. The van der Waals surface area contributed by atoms with Crippen LogP contribution >= 0.6 is 23.4 Å². The number of piperidine rings is 2. The smallest absolute Gasteiger partial charge is 0.382 e. The second kappa shape index (κ2) is 11.8. The summed E-state index contributed by atoms with van der Waals surface area (Å²) in [6.45, 7) is 3.45. The third-order valence-electron chi connectivity index (χ3n) is 6.88. The zero-order valence-corrected chi connectivity index (χ0v) is 21.1. The van der Waals surface area contributed by atoms with Gasteiger partial charge in [-0.15, -0.1) is 0 Å². The number of likely N-dealkylation sites (tertiary alicyclic amines) is 1. The van der Waals surface area contributed by atoms with E-state index in [1.54, 1.807) is 12.1 Å². The molecule has 190 valence electrons. The van der Waals surface area contributed by atoms with Gasteiger partial charge in [-0.05, 0) is 98.3 Å². The third kappa shape index (κ3) is 7.97. The van der Waals surface area contributed by atoms with Crippen LogP contribution in [0.2, 0.25) is 5.02 Å². The molecule has 0 unspecified atom stereocenters. The standard InChI is InChI=1S/C26H31ClF3N3OS/c27-20-2-6-23(7-3-20)32-15-11-19(12-16-32)1-10-25(34)33-17-13-22(14-18-33)31-21-4-8-24(9-5-21)35-26(28,29)30/h2-9,19,22,31H,1,10-18H2. The molecule has 0 aliphatic carbocycles. The highest BCUT2D eigenvalue weighted by molar-refractivity contribution is 8.00. The van der Waals surface area contributed by atoms with Gasteiger partial charge in [-0.1, -0.05) is 11.6 Å². The van der Waals surface area contributed by atoms with Gasteiger partial charge >= 0.3 is 5.51 Å². The van der Waals surface area contributed by atoms with Crippen LogP contribution in [-0.4, -0.2) is 48.5 Å². The van der Waals surface area contributed by atoms with Crippen molar-refractivity contribution >= 4 is 40.6 Å². The molecule has 2 saturated heterocycles. The summed E-state index contributed by atoms with van der Waals surface area (Å²) in [4.78, 5) is 17.3. The Balaban J connectivity index is 1.14. The van der Waals surface area contributed by atoms with Gasteiger partial charge in [-0.25, -0.2) is 0 Å². The number of nitrogens with one attached hydrogen (secondary N) is 1. The molecule has 1 amide bonds. The van der Waals surface area contributed by atoms with Gasteiger partial charge in [0.15, 0.2) is 0 Å². The molecule has 2 aliphatic heterocycles. The zero-order chi connectivity index (χ0) is 24.8. The van der Waals surface area contributed by atoms with Crippen molar-refractivity contribution in [3.63, 3.8) is 0 Å². The predicted molar refractivity (Wildman–Crippen MR) is 137 cm³/mol. The van der Waals surface area contributed by atoms with Crippen molar-refractivity contribution in [2.75, 3.05) is 36.4 Å². The molecule has 0 radical (unpaired) electrons. The summed E-state index contributed by atoms with van der Waals surface area (Å²) in [5, 5.41) is 4.14. The summed E-state index contributed by atoms with van der Waals surface area (Å²) in [5.41, 5.74) is -2.26. The highest BCUT2D eigenvalue weighted by Crippen LogP contribution is 2.37. The molecule has 2 aliphatic rings. The molecule has 9 heteroatoms. The lowest BCUT2D eigenvalue weighted by atomic mass is 9.91. The Morgan fingerprint density at radius 3 is 2.17 bits per heavy atom. The first-order valence-corrected chi connectivity index (χ1v) is 13.4. The Morgan fingerprint density at radius 2 is 1.57 bits per heavy atom. The molecule has 2 fully saturated rings. The minimum absolute atomic E-state index is 0.106. The average molecular weight is 526 g/mol. The van der Waals surface area contributed by atoms with Gasteiger partial charge < -0.3 is 15.1 Å². The molecule has 2 aromatic rings. The Morgan fingerprint density at radius 1 is 0.943 bits per heavy atom. The first-order chi connectivity index (χ1) is 16.7. The number of amides is 1. The van der Waals surface area contributed by atoms with Crippen LogP contribution in [0.3, 0.4) is 0 Å². The number of anilines is 2. The Labute approximate surface area is 214 Å². The Bertz CT molecular complexity index is 955. The van der Waals surface area contributed by atoms with E-state index in [1.165, 1.54) is 17.8 Å². The number of alkyl halides is 3. The van der Waals surface area contributed by atoms with Crippen molar-refractivity contribution in [3.05, 3.63) is 53.6 Å². The maximum Gasteiger partial charge on any atom is 0.446 e. The summed E-state index contributed by atoms with van der Waals surface area (Å²) >= 11 is 5.88. The molecule has 4 nitrogen and oxygen atoms in total. The van der Waals surface area contributed by atoms with Crippen molar-refractivity contribution in [1.29, 1.82) is 0 Å². The molecule has 4 rings (SSSR count). The number of nitrogens with zero attached hydrogens (tertiary/aromatic N) is 2. The molecule has 0 saturated carbocycles. The molecule has 0 atom stereocenters. The highest BCUT2D eigenvalue weighted by atomic mass is 35.5. The van der Waals surface area contributed by atoms with E-state index >= 15 is 0 Å². The lowest BCUT2D eigenvalue weighted by Crippen LogP contribution is -2.42. The van der Waals surface area contributed by atoms with Gasteiger partial charge in [0.1, 0.15) is 0 Å². The Hall–Kier alpha value is -2.06. The van der Waals surface area contributed by atoms with E-state index < -0.39 is 5.51 Å². The van der Waals surface area contributed by atoms with Crippen LogP contribution in [-0.2, 0) is 4.79 Å². The van der Waals surface area contributed by atoms with E-state index in [2.05, 4.69) is 22.3 Å². The molecule has 0 spiro atoms. The van der Waals surface area contributed by atoms with E-state index in [9.17, 15) is 18.0 Å².